The Bertz CT molecular complexity index is 563. The molecule has 0 fully saturated rings. The Morgan fingerprint density at radius 2 is 1.67 bits per heavy atom. The molecule has 2 N–H and O–H groups in total. The van der Waals surface area contributed by atoms with Crippen molar-refractivity contribution in [2.75, 3.05) is 5.32 Å². The normalized spacial score (nSPS) is 10.4. The van der Waals surface area contributed by atoms with Gasteiger partial charge in [-0.05, 0) is 24.6 Å². The zero-order valence-corrected chi connectivity index (χ0v) is 9.68. The number of aliphatic hydroxyl groups excluding tert-OH is 1. The van der Waals surface area contributed by atoms with Gasteiger partial charge in [0.25, 0.3) is 0 Å². The van der Waals surface area contributed by atoms with Crippen LogP contribution in [0.4, 0.5) is 5.69 Å². The van der Waals surface area contributed by atoms with Crippen molar-refractivity contribution in [2.45, 2.75) is 13.0 Å². The van der Waals surface area contributed by atoms with Crippen LogP contribution in [0.2, 0.25) is 0 Å². The van der Waals surface area contributed by atoms with Crippen LogP contribution in [0.15, 0.2) is 35.5 Å². The van der Waals surface area contributed by atoms with E-state index < -0.39 is 6.10 Å². The summed E-state index contributed by atoms with van der Waals surface area (Å²) in [5.41, 5.74) is 0.949. The largest absolute Gasteiger partial charge is 0.389 e. The molecule has 0 aliphatic rings. The SMILES string of the molecule is CC(O)c1ccc(NC(C#N)=C(C#N)C#N)cc1. The van der Waals surface area contributed by atoms with E-state index in [0.717, 1.165) is 5.56 Å². The molecule has 0 bridgehead atoms. The predicted octanol–water partition coefficient (Wildman–Crippen LogP) is 1.98. The summed E-state index contributed by atoms with van der Waals surface area (Å²) in [6.07, 6.45) is -0.571. The Labute approximate surface area is 105 Å². The number of aliphatic hydroxyl groups is 1. The Morgan fingerprint density at radius 1 is 1.11 bits per heavy atom. The molecule has 18 heavy (non-hydrogen) atoms. The fraction of sp³-hybridized carbons (Fsp3) is 0.154. The van der Waals surface area contributed by atoms with Gasteiger partial charge in [0.05, 0.1) is 6.10 Å². The highest BCUT2D eigenvalue weighted by atomic mass is 16.3. The Kier molecular flexibility index (Phi) is 4.46. The maximum absolute atomic E-state index is 9.34. The van der Waals surface area contributed by atoms with E-state index in [-0.39, 0.29) is 11.3 Å². The first-order chi connectivity index (χ1) is 8.62. The molecule has 88 valence electrons. The maximum atomic E-state index is 9.34. The molecular formula is C13H10N4O. The van der Waals surface area contributed by atoms with E-state index in [9.17, 15) is 5.11 Å². The zero-order valence-electron chi connectivity index (χ0n) is 9.68. The molecule has 1 atom stereocenters. The summed E-state index contributed by atoms with van der Waals surface area (Å²) < 4.78 is 0. The summed E-state index contributed by atoms with van der Waals surface area (Å²) in [6.45, 7) is 1.65. The van der Waals surface area contributed by atoms with Gasteiger partial charge in [-0.2, -0.15) is 15.8 Å². The summed E-state index contributed by atoms with van der Waals surface area (Å²) >= 11 is 0. The summed E-state index contributed by atoms with van der Waals surface area (Å²) in [5, 5.41) is 38.2. The van der Waals surface area contributed by atoms with Crippen LogP contribution in [0, 0.1) is 34.0 Å². The summed E-state index contributed by atoms with van der Waals surface area (Å²) in [5.74, 6) is 0. The number of rotatable bonds is 3. The molecular weight excluding hydrogens is 228 g/mol. The number of hydrogen-bond donors (Lipinski definition) is 2. The van der Waals surface area contributed by atoms with Crippen LogP contribution in [-0.4, -0.2) is 5.11 Å². The monoisotopic (exact) mass is 238 g/mol. The highest BCUT2D eigenvalue weighted by Gasteiger charge is 2.06. The van der Waals surface area contributed by atoms with Crippen molar-refractivity contribution in [3.8, 4) is 18.2 Å². The molecule has 1 aromatic carbocycles. The molecule has 0 heterocycles. The second-order valence-corrected chi connectivity index (χ2v) is 3.51. The van der Waals surface area contributed by atoms with Crippen molar-refractivity contribution < 1.29 is 5.11 Å². The van der Waals surface area contributed by atoms with Crippen LogP contribution in [0.25, 0.3) is 0 Å². The first-order valence-electron chi connectivity index (χ1n) is 5.12. The number of benzene rings is 1. The number of nitrogens with zero attached hydrogens (tertiary/aromatic N) is 3. The van der Waals surface area contributed by atoms with Gasteiger partial charge >= 0.3 is 0 Å². The molecule has 0 radical (unpaired) electrons. The predicted molar refractivity (Wildman–Crippen MR) is 64.6 cm³/mol. The van der Waals surface area contributed by atoms with E-state index in [4.69, 9.17) is 15.8 Å². The molecule has 0 aliphatic carbocycles. The molecule has 0 aliphatic heterocycles. The third kappa shape index (κ3) is 3.09. The zero-order chi connectivity index (χ0) is 13.5. The first kappa shape index (κ1) is 13.3. The Morgan fingerprint density at radius 3 is 2.06 bits per heavy atom. The molecule has 5 nitrogen and oxygen atoms in total. The summed E-state index contributed by atoms with van der Waals surface area (Å²) in [6, 6.07) is 11.8. The average molecular weight is 238 g/mol. The second-order valence-electron chi connectivity index (χ2n) is 3.51. The number of nitriles is 3. The van der Waals surface area contributed by atoms with Gasteiger partial charge < -0.3 is 10.4 Å². The topological polar surface area (TPSA) is 104 Å². The van der Waals surface area contributed by atoms with Crippen molar-refractivity contribution in [3.63, 3.8) is 0 Å². The van der Waals surface area contributed by atoms with Gasteiger partial charge in [0.2, 0.25) is 0 Å². The minimum absolute atomic E-state index is 0.0928. The summed E-state index contributed by atoms with van der Waals surface area (Å²) in [7, 11) is 0. The Hall–Kier alpha value is -2.81. The van der Waals surface area contributed by atoms with E-state index in [1.165, 1.54) is 0 Å². The number of nitrogens with one attached hydrogen (secondary N) is 1. The smallest absolute Gasteiger partial charge is 0.163 e. The first-order valence-corrected chi connectivity index (χ1v) is 5.12. The van der Waals surface area contributed by atoms with Gasteiger partial charge in [-0.3, -0.25) is 0 Å². The van der Waals surface area contributed by atoms with Crippen molar-refractivity contribution in [1.29, 1.82) is 15.8 Å². The fourth-order valence-corrected chi connectivity index (χ4v) is 1.27. The highest BCUT2D eigenvalue weighted by molar-refractivity contribution is 5.58. The maximum Gasteiger partial charge on any atom is 0.163 e. The number of allylic oxidation sites excluding steroid dienone is 2. The third-order valence-electron chi connectivity index (χ3n) is 2.25. The minimum atomic E-state index is -0.571. The Balaban J connectivity index is 2.99. The van der Waals surface area contributed by atoms with Gasteiger partial charge in [0, 0.05) is 5.69 Å². The van der Waals surface area contributed by atoms with Gasteiger partial charge in [0.15, 0.2) is 5.57 Å². The molecule has 5 heteroatoms. The standard InChI is InChI=1S/C13H10N4O/c1-9(18)10-2-4-12(5-3-10)17-13(8-16)11(6-14)7-15/h2-5,9,17-18H,1H3. The molecule has 1 unspecified atom stereocenters. The van der Waals surface area contributed by atoms with Crippen molar-refractivity contribution in [2.24, 2.45) is 0 Å². The van der Waals surface area contributed by atoms with Gasteiger partial charge in [-0.1, -0.05) is 12.1 Å². The number of anilines is 1. The molecule has 0 saturated heterocycles. The molecule has 1 aromatic rings. The van der Waals surface area contributed by atoms with Crippen LogP contribution >= 0.6 is 0 Å². The lowest BCUT2D eigenvalue weighted by atomic mass is 10.1. The molecule has 0 amide bonds. The van der Waals surface area contributed by atoms with Gasteiger partial charge in [0.1, 0.15) is 23.9 Å². The molecule has 0 spiro atoms. The van der Waals surface area contributed by atoms with Crippen LogP contribution in [0.1, 0.15) is 18.6 Å². The van der Waals surface area contributed by atoms with Gasteiger partial charge in [-0.15, -0.1) is 0 Å². The van der Waals surface area contributed by atoms with E-state index in [2.05, 4.69) is 5.32 Å². The highest BCUT2D eigenvalue weighted by Crippen LogP contribution is 2.17. The summed E-state index contributed by atoms with van der Waals surface area (Å²) in [4.78, 5) is 0. The number of hydrogen-bond acceptors (Lipinski definition) is 5. The average Bonchev–Trinajstić information content (AvgIpc) is 2.39. The van der Waals surface area contributed by atoms with Crippen LogP contribution in [0.5, 0.6) is 0 Å². The molecule has 0 aromatic heterocycles. The van der Waals surface area contributed by atoms with E-state index >= 15 is 0 Å². The quantitative estimate of drug-likeness (QED) is 0.783. The lowest BCUT2D eigenvalue weighted by Crippen LogP contribution is -2.01. The minimum Gasteiger partial charge on any atom is -0.389 e. The fourth-order valence-electron chi connectivity index (χ4n) is 1.27. The van der Waals surface area contributed by atoms with E-state index in [1.54, 1.807) is 49.4 Å². The van der Waals surface area contributed by atoms with Crippen LogP contribution in [0.3, 0.4) is 0 Å². The molecule has 1 rings (SSSR count). The van der Waals surface area contributed by atoms with E-state index in [0.29, 0.717) is 5.69 Å². The van der Waals surface area contributed by atoms with Crippen molar-refractivity contribution >= 4 is 5.69 Å². The lowest BCUT2D eigenvalue weighted by molar-refractivity contribution is 0.199. The lowest BCUT2D eigenvalue weighted by Gasteiger charge is -2.07. The van der Waals surface area contributed by atoms with E-state index in [1.807, 2.05) is 0 Å². The van der Waals surface area contributed by atoms with Crippen molar-refractivity contribution in [3.05, 3.63) is 41.1 Å². The van der Waals surface area contributed by atoms with Crippen LogP contribution in [-0.2, 0) is 0 Å². The second kappa shape index (κ2) is 6.06. The molecule has 0 saturated carbocycles. The third-order valence-corrected chi connectivity index (χ3v) is 2.25. The van der Waals surface area contributed by atoms with Crippen molar-refractivity contribution in [1.82, 2.24) is 0 Å². The van der Waals surface area contributed by atoms with Gasteiger partial charge in [-0.25, -0.2) is 0 Å². The van der Waals surface area contributed by atoms with Crippen LogP contribution < -0.4 is 5.32 Å².